The van der Waals surface area contributed by atoms with E-state index < -0.39 is 12.0 Å². The maximum atomic E-state index is 12.5. The first-order valence-corrected chi connectivity index (χ1v) is 9.05. The normalized spacial score (nSPS) is 25.4. The molecule has 1 amide bonds. The predicted molar refractivity (Wildman–Crippen MR) is 91.1 cm³/mol. The Labute approximate surface area is 147 Å². The number of rotatable bonds is 3. The van der Waals surface area contributed by atoms with Gasteiger partial charge in [-0.1, -0.05) is 0 Å². The standard InChI is InChI=1S/C18H24N4O3/c1-12-4-7-19-17(20-12)21-8-5-18(6-9-21)10-14(16(24)25)22(11-18)15(23)13-2-3-13/h4,7,13-14H,2-3,5-6,8-11H2,1H3,(H,24,25)/t14-/m0/s1. The maximum Gasteiger partial charge on any atom is 0.326 e. The lowest BCUT2D eigenvalue weighted by Crippen LogP contribution is -2.43. The van der Waals surface area contributed by atoms with Crippen LogP contribution < -0.4 is 4.90 Å². The SMILES string of the molecule is Cc1ccnc(N2CCC3(CC2)C[C@@H](C(=O)O)N(C(=O)C2CC2)C3)n1. The second-order valence-electron chi connectivity index (χ2n) is 7.78. The first kappa shape index (κ1) is 16.3. The fourth-order valence-electron chi connectivity index (χ4n) is 4.20. The zero-order chi connectivity index (χ0) is 17.6. The number of hydrogen-bond acceptors (Lipinski definition) is 5. The quantitative estimate of drug-likeness (QED) is 0.893. The van der Waals surface area contributed by atoms with Crippen LogP contribution in [0.5, 0.6) is 0 Å². The number of aliphatic carboxylic acids is 1. The van der Waals surface area contributed by atoms with Crippen LogP contribution in [-0.4, -0.2) is 57.5 Å². The van der Waals surface area contributed by atoms with Crippen LogP contribution in [0.15, 0.2) is 12.3 Å². The topological polar surface area (TPSA) is 86.6 Å². The van der Waals surface area contributed by atoms with E-state index in [0.717, 1.165) is 50.4 Å². The van der Waals surface area contributed by atoms with Crippen molar-refractivity contribution in [3.05, 3.63) is 18.0 Å². The van der Waals surface area contributed by atoms with Crippen molar-refractivity contribution in [2.75, 3.05) is 24.5 Å². The number of aromatic nitrogens is 2. The second kappa shape index (κ2) is 5.97. The van der Waals surface area contributed by atoms with Gasteiger partial charge in [-0.3, -0.25) is 4.79 Å². The Morgan fingerprint density at radius 3 is 2.60 bits per heavy atom. The highest BCUT2D eigenvalue weighted by molar-refractivity contribution is 5.87. The highest BCUT2D eigenvalue weighted by Crippen LogP contribution is 2.45. The zero-order valence-corrected chi connectivity index (χ0v) is 14.5. The van der Waals surface area contributed by atoms with Crippen LogP contribution in [0.3, 0.4) is 0 Å². The first-order valence-electron chi connectivity index (χ1n) is 9.05. The van der Waals surface area contributed by atoms with Crippen LogP contribution in [0.4, 0.5) is 5.95 Å². The van der Waals surface area contributed by atoms with Gasteiger partial charge in [-0.15, -0.1) is 0 Å². The number of amides is 1. The van der Waals surface area contributed by atoms with E-state index >= 15 is 0 Å². The summed E-state index contributed by atoms with van der Waals surface area (Å²) in [5.41, 5.74) is 0.867. The van der Waals surface area contributed by atoms with Crippen molar-refractivity contribution in [1.82, 2.24) is 14.9 Å². The number of carboxylic acids is 1. The van der Waals surface area contributed by atoms with E-state index in [1.807, 2.05) is 13.0 Å². The van der Waals surface area contributed by atoms with Gasteiger partial charge in [-0.05, 0) is 50.5 Å². The largest absolute Gasteiger partial charge is 0.480 e. The van der Waals surface area contributed by atoms with Gasteiger partial charge in [-0.2, -0.15) is 0 Å². The summed E-state index contributed by atoms with van der Waals surface area (Å²) < 4.78 is 0. The summed E-state index contributed by atoms with van der Waals surface area (Å²) in [6.07, 6.45) is 5.92. The summed E-state index contributed by atoms with van der Waals surface area (Å²) in [7, 11) is 0. The van der Waals surface area contributed by atoms with Crippen LogP contribution in [0, 0.1) is 18.3 Å². The lowest BCUT2D eigenvalue weighted by atomic mass is 9.76. The van der Waals surface area contributed by atoms with E-state index in [4.69, 9.17) is 0 Å². The molecule has 1 aliphatic carbocycles. The number of anilines is 1. The first-order chi connectivity index (χ1) is 12.0. The summed E-state index contributed by atoms with van der Waals surface area (Å²) in [6.45, 7) is 4.15. The van der Waals surface area contributed by atoms with Crippen molar-refractivity contribution in [2.45, 2.75) is 45.1 Å². The molecule has 1 aromatic rings. The van der Waals surface area contributed by atoms with E-state index in [9.17, 15) is 14.7 Å². The van der Waals surface area contributed by atoms with Gasteiger partial charge in [0.15, 0.2) is 0 Å². The van der Waals surface area contributed by atoms with Crippen molar-refractivity contribution < 1.29 is 14.7 Å². The van der Waals surface area contributed by atoms with Gasteiger partial charge in [-0.25, -0.2) is 14.8 Å². The lowest BCUT2D eigenvalue weighted by molar-refractivity contribution is -0.148. The Hall–Kier alpha value is -2.18. The van der Waals surface area contributed by atoms with Gasteiger partial charge in [0.05, 0.1) is 0 Å². The number of piperidine rings is 1. The van der Waals surface area contributed by atoms with E-state index in [1.165, 1.54) is 0 Å². The molecular formula is C18H24N4O3. The molecule has 1 aromatic heterocycles. The molecule has 7 nitrogen and oxygen atoms in total. The number of hydrogen-bond donors (Lipinski definition) is 1. The minimum Gasteiger partial charge on any atom is -0.480 e. The summed E-state index contributed by atoms with van der Waals surface area (Å²) in [4.78, 5) is 36.8. The van der Waals surface area contributed by atoms with Crippen LogP contribution in [0.25, 0.3) is 0 Å². The van der Waals surface area contributed by atoms with Crippen LogP contribution >= 0.6 is 0 Å². The molecule has 2 saturated heterocycles. The van der Waals surface area contributed by atoms with Crippen LogP contribution in [0.2, 0.25) is 0 Å². The lowest BCUT2D eigenvalue weighted by Gasteiger charge is -2.39. The predicted octanol–water partition coefficient (Wildman–Crippen LogP) is 1.47. The van der Waals surface area contributed by atoms with Gasteiger partial charge in [0, 0.05) is 37.4 Å². The van der Waals surface area contributed by atoms with E-state index in [2.05, 4.69) is 14.9 Å². The van der Waals surface area contributed by atoms with E-state index in [-0.39, 0.29) is 17.2 Å². The van der Waals surface area contributed by atoms with Gasteiger partial charge in [0.25, 0.3) is 0 Å². The molecule has 0 bridgehead atoms. The monoisotopic (exact) mass is 344 g/mol. The van der Waals surface area contributed by atoms with Crippen molar-refractivity contribution in [3.63, 3.8) is 0 Å². The molecule has 25 heavy (non-hydrogen) atoms. The second-order valence-corrected chi connectivity index (χ2v) is 7.78. The number of likely N-dealkylation sites (tertiary alicyclic amines) is 1. The Morgan fingerprint density at radius 2 is 2.00 bits per heavy atom. The number of carbonyl (C=O) groups excluding carboxylic acids is 1. The van der Waals surface area contributed by atoms with Gasteiger partial charge < -0.3 is 14.9 Å². The number of carboxylic acid groups (broad SMARTS) is 1. The highest BCUT2D eigenvalue weighted by atomic mass is 16.4. The molecule has 1 saturated carbocycles. The molecule has 0 aromatic carbocycles. The third kappa shape index (κ3) is 3.07. The van der Waals surface area contributed by atoms with Gasteiger partial charge in [0.2, 0.25) is 11.9 Å². The molecule has 7 heteroatoms. The highest BCUT2D eigenvalue weighted by Gasteiger charge is 2.51. The van der Waals surface area contributed by atoms with Crippen molar-refractivity contribution in [3.8, 4) is 0 Å². The van der Waals surface area contributed by atoms with Gasteiger partial charge in [0.1, 0.15) is 6.04 Å². The van der Waals surface area contributed by atoms with Crippen molar-refractivity contribution in [2.24, 2.45) is 11.3 Å². The molecule has 134 valence electrons. The summed E-state index contributed by atoms with van der Waals surface area (Å²) >= 11 is 0. The molecule has 2 aliphatic heterocycles. The van der Waals surface area contributed by atoms with Crippen molar-refractivity contribution in [1.29, 1.82) is 0 Å². The molecule has 1 atom stereocenters. The molecule has 3 heterocycles. The average Bonchev–Trinajstić information content (AvgIpc) is 3.37. The smallest absolute Gasteiger partial charge is 0.326 e. The average molecular weight is 344 g/mol. The molecular weight excluding hydrogens is 320 g/mol. The third-order valence-electron chi connectivity index (χ3n) is 5.89. The Bertz CT molecular complexity index is 695. The fourth-order valence-corrected chi connectivity index (χ4v) is 4.20. The molecule has 0 unspecified atom stereocenters. The summed E-state index contributed by atoms with van der Waals surface area (Å²) in [5, 5.41) is 9.58. The zero-order valence-electron chi connectivity index (χ0n) is 14.5. The maximum absolute atomic E-state index is 12.5. The molecule has 0 radical (unpaired) electrons. The molecule has 3 aliphatic rings. The van der Waals surface area contributed by atoms with E-state index in [0.29, 0.717) is 13.0 Å². The van der Waals surface area contributed by atoms with Crippen LogP contribution in [0.1, 0.15) is 37.8 Å². The number of nitrogens with zero attached hydrogens (tertiary/aromatic N) is 4. The Kier molecular flexibility index (Phi) is 3.89. The molecule has 1 spiro atoms. The van der Waals surface area contributed by atoms with E-state index in [1.54, 1.807) is 11.1 Å². The van der Waals surface area contributed by atoms with Gasteiger partial charge >= 0.3 is 5.97 Å². The summed E-state index contributed by atoms with van der Waals surface area (Å²) in [5.74, 6) is -0.00429. The Balaban J connectivity index is 1.46. The summed E-state index contributed by atoms with van der Waals surface area (Å²) in [6, 6.07) is 1.22. The minimum atomic E-state index is -0.865. The number of aryl methyl sites for hydroxylation is 1. The number of carbonyl (C=O) groups is 2. The minimum absolute atomic E-state index is 0.0497. The van der Waals surface area contributed by atoms with Crippen molar-refractivity contribution >= 4 is 17.8 Å². The fraction of sp³-hybridized carbons (Fsp3) is 0.667. The molecule has 1 N–H and O–H groups in total. The third-order valence-corrected chi connectivity index (χ3v) is 5.89. The molecule has 3 fully saturated rings. The Morgan fingerprint density at radius 1 is 1.28 bits per heavy atom. The molecule has 4 rings (SSSR count). The van der Waals surface area contributed by atoms with Crippen LogP contribution in [-0.2, 0) is 9.59 Å².